The molecule has 0 heterocycles. The van der Waals surface area contributed by atoms with Crippen molar-refractivity contribution in [3.05, 3.63) is 28.8 Å². The second-order valence-electron chi connectivity index (χ2n) is 4.70. The van der Waals surface area contributed by atoms with Crippen LogP contribution >= 0.6 is 11.6 Å². The number of methoxy groups -OCH3 is 1. The van der Waals surface area contributed by atoms with Crippen LogP contribution in [0.4, 0.5) is 0 Å². The predicted molar refractivity (Wildman–Crippen MR) is 69.8 cm³/mol. The summed E-state index contributed by atoms with van der Waals surface area (Å²) < 4.78 is 5.37. The Hall–Kier alpha value is -0.730. The lowest BCUT2D eigenvalue weighted by Crippen LogP contribution is -2.17. The van der Waals surface area contributed by atoms with Gasteiger partial charge >= 0.3 is 0 Å². The Balaban J connectivity index is 2.32. The molecule has 3 heteroatoms. The molecule has 1 saturated carbocycles. The Morgan fingerprint density at radius 3 is 2.76 bits per heavy atom. The zero-order valence-electron chi connectivity index (χ0n) is 10.2. The van der Waals surface area contributed by atoms with E-state index in [-0.39, 0.29) is 12.0 Å². The minimum atomic E-state index is -0.273. The molecule has 2 nitrogen and oxygen atoms in total. The van der Waals surface area contributed by atoms with Crippen molar-refractivity contribution in [2.75, 3.05) is 7.11 Å². The average Bonchev–Trinajstić information content (AvgIpc) is 2.54. The van der Waals surface area contributed by atoms with Gasteiger partial charge in [-0.3, -0.25) is 0 Å². The van der Waals surface area contributed by atoms with Crippen molar-refractivity contribution in [3.63, 3.8) is 0 Å². The van der Waals surface area contributed by atoms with Gasteiger partial charge in [-0.25, -0.2) is 0 Å². The van der Waals surface area contributed by atoms with E-state index in [0.717, 1.165) is 37.0 Å². The van der Waals surface area contributed by atoms with E-state index >= 15 is 0 Å². The monoisotopic (exact) mass is 254 g/mol. The van der Waals surface area contributed by atoms with Crippen molar-refractivity contribution < 1.29 is 9.84 Å². The number of benzene rings is 1. The molecule has 0 aliphatic heterocycles. The van der Waals surface area contributed by atoms with E-state index in [0.29, 0.717) is 5.02 Å². The van der Waals surface area contributed by atoms with E-state index < -0.39 is 0 Å². The van der Waals surface area contributed by atoms with Gasteiger partial charge in [0.2, 0.25) is 0 Å². The molecule has 2 unspecified atom stereocenters. The predicted octanol–water partition coefficient (Wildman–Crippen LogP) is 3.76. The Labute approximate surface area is 108 Å². The van der Waals surface area contributed by atoms with Crippen LogP contribution in [0.5, 0.6) is 5.75 Å². The van der Waals surface area contributed by atoms with Crippen LogP contribution in [0.2, 0.25) is 5.02 Å². The van der Waals surface area contributed by atoms with Gasteiger partial charge in [0, 0.05) is 16.5 Å². The molecule has 1 aliphatic rings. The molecule has 94 valence electrons. The van der Waals surface area contributed by atoms with Gasteiger partial charge in [0.25, 0.3) is 0 Å². The maximum absolute atomic E-state index is 10.2. The third-order valence-electron chi connectivity index (χ3n) is 3.57. The van der Waals surface area contributed by atoms with Crippen molar-refractivity contribution in [1.29, 1.82) is 0 Å². The summed E-state index contributed by atoms with van der Waals surface area (Å²) >= 11 is 6.04. The summed E-state index contributed by atoms with van der Waals surface area (Å²) in [6, 6.07) is 5.64. The van der Waals surface area contributed by atoms with E-state index in [9.17, 15) is 5.11 Å². The first-order chi connectivity index (χ1) is 8.22. The standard InChI is InChI=1S/C14H19ClO2/c1-17-14-8-7-10(15)9-12(14)11-5-3-2-4-6-13(11)16/h7-9,11,13,16H,2-6H2,1H3. The highest BCUT2D eigenvalue weighted by molar-refractivity contribution is 6.30. The number of ether oxygens (including phenoxy) is 1. The molecule has 0 amide bonds. The largest absolute Gasteiger partial charge is 0.496 e. The molecule has 2 rings (SSSR count). The molecule has 0 bridgehead atoms. The van der Waals surface area contributed by atoms with Crippen LogP contribution in [0.25, 0.3) is 0 Å². The van der Waals surface area contributed by atoms with Gasteiger partial charge in [-0.2, -0.15) is 0 Å². The first-order valence-corrected chi connectivity index (χ1v) is 6.61. The van der Waals surface area contributed by atoms with Crippen LogP contribution < -0.4 is 4.74 Å². The number of rotatable bonds is 2. The molecule has 1 aromatic rings. The minimum absolute atomic E-state index is 0.158. The molecule has 2 atom stereocenters. The molecule has 1 fully saturated rings. The maximum Gasteiger partial charge on any atom is 0.122 e. The van der Waals surface area contributed by atoms with Crippen molar-refractivity contribution >= 4 is 11.6 Å². The van der Waals surface area contributed by atoms with Gasteiger partial charge in [-0.05, 0) is 31.0 Å². The highest BCUT2D eigenvalue weighted by Gasteiger charge is 2.25. The van der Waals surface area contributed by atoms with Crippen LogP contribution in [-0.2, 0) is 0 Å². The van der Waals surface area contributed by atoms with Crippen LogP contribution in [0.15, 0.2) is 18.2 Å². The highest BCUT2D eigenvalue weighted by Crippen LogP contribution is 2.38. The lowest BCUT2D eigenvalue weighted by atomic mass is 9.89. The van der Waals surface area contributed by atoms with E-state index in [1.807, 2.05) is 18.2 Å². The third-order valence-corrected chi connectivity index (χ3v) is 3.81. The number of aliphatic hydroxyl groups excluding tert-OH is 1. The first kappa shape index (κ1) is 12.7. The number of hydrogen-bond acceptors (Lipinski definition) is 2. The zero-order chi connectivity index (χ0) is 12.3. The summed E-state index contributed by atoms with van der Waals surface area (Å²) in [4.78, 5) is 0. The van der Waals surface area contributed by atoms with Crippen molar-refractivity contribution in [2.24, 2.45) is 0 Å². The summed E-state index contributed by atoms with van der Waals surface area (Å²) in [6.45, 7) is 0. The number of halogens is 1. The molecule has 1 aliphatic carbocycles. The van der Waals surface area contributed by atoms with Gasteiger partial charge in [0.15, 0.2) is 0 Å². The topological polar surface area (TPSA) is 29.5 Å². The van der Waals surface area contributed by atoms with Crippen LogP contribution in [0.3, 0.4) is 0 Å². The van der Waals surface area contributed by atoms with E-state index in [2.05, 4.69) is 0 Å². The summed E-state index contributed by atoms with van der Waals surface area (Å²) in [6.07, 6.45) is 5.09. The summed E-state index contributed by atoms with van der Waals surface area (Å²) in [5, 5.41) is 10.9. The summed E-state index contributed by atoms with van der Waals surface area (Å²) in [7, 11) is 1.66. The lowest BCUT2D eigenvalue weighted by molar-refractivity contribution is 0.134. The van der Waals surface area contributed by atoms with Crippen molar-refractivity contribution in [2.45, 2.75) is 44.1 Å². The molecular formula is C14H19ClO2. The second-order valence-corrected chi connectivity index (χ2v) is 5.13. The van der Waals surface area contributed by atoms with Gasteiger partial charge in [0.1, 0.15) is 5.75 Å². The molecule has 1 N–H and O–H groups in total. The SMILES string of the molecule is COc1ccc(Cl)cc1C1CCCCCC1O. The summed E-state index contributed by atoms with van der Waals surface area (Å²) in [5.74, 6) is 0.992. The zero-order valence-corrected chi connectivity index (χ0v) is 10.9. The number of hydrogen-bond donors (Lipinski definition) is 1. The van der Waals surface area contributed by atoms with E-state index in [1.165, 1.54) is 6.42 Å². The van der Waals surface area contributed by atoms with Gasteiger partial charge in [-0.15, -0.1) is 0 Å². The smallest absolute Gasteiger partial charge is 0.122 e. The second kappa shape index (κ2) is 5.74. The van der Waals surface area contributed by atoms with E-state index in [4.69, 9.17) is 16.3 Å². The maximum atomic E-state index is 10.2. The Morgan fingerprint density at radius 2 is 2.00 bits per heavy atom. The van der Waals surface area contributed by atoms with Crippen LogP contribution in [-0.4, -0.2) is 18.3 Å². The Morgan fingerprint density at radius 1 is 1.24 bits per heavy atom. The fraction of sp³-hybridized carbons (Fsp3) is 0.571. The molecule has 1 aromatic carbocycles. The fourth-order valence-corrected chi connectivity index (χ4v) is 2.83. The Bertz CT molecular complexity index is 378. The first-order valence-electron chi connectivity index (χ1n) is 6.24. The molecule has 17 heavy (non-hydrogen) atoms. The van der Waals surface area contributed by atoms with Gasteiger partial charge in [0.05, 0.1) is 13.2 Å². The molecule has 0 aromatic heterocycles. The third kappa shape index (κ3) is 2.93. The quantitative estimate of drug-likeness (QED) is 0.815. The van der Waals surface area contributed by atoms with Crippen LogP contribution in [0, 0.1) is 0 Å². The minimum Gasteiger partial charge on any atom is -0.496 e. The highest BCUT2D eigenvalue weighted by atomic mass is 35.5. The van der Waals surface area contributed by atoms with E-state index in [1.54, 1.807) is 7.11 Å². The van der Waals surface area contributed by atoms with Crippen molar-refractivity contribution in [3.8, 4) is 5.75 Å². The molecular weight excluding hydrogens is 236 g/mol. The van der Waals surface area contributed by atoms with Gasteiger partial charge in [-0.1, -0.05) is 30.9 Å². The molecule has 0 radical (unpaired) electrons. The Kier molecular flexibility index (Phi) is 4.30. The van der Waals surface area contributed by atoms with Crippen molar-refractivity contribution in [1.82, 2.24) is 0 Å². The molecule has 0 spiro atoms. The average molecular weight is 255 g/mol. The normalized spacial score (nSPS) is 25.4. The fourth-order valence-electron chi connectivity index (χ4n) is 2.65. The molecule has 0 saturated heterocycles. The summed E-state index contributed by atoms with van der Waals surface area (Å²) in [5.41, 5.74) is 1.05. The lowest BCUT2D eigenvalue weighted by Gasteiger charge is -2.23. The van der Waals surface area contributed by atoms with Gasteiger partial charge < -0.3 is 9.84 Å². The van der Waals surface area contributed by atoms with Crippen LogP contribution in [0.1, 0.15) is 43.6 Å². The number of aliphatic hydroxyl groups is 1.